The third-order valence-electron chi connectivity index (χ3n) is 4.66. The van der Waals surface area contributed by atoms with Crippen molar-refractivity contribution in [3.8, 4) is 5.75 Å². The maximum Gasteiger partial charge on any atom is 0.429 e. The van der Waals surface area contributed by atoms with E-state index in [1.165, 1.54) is 31.2 Å². The molecule has 0 saturated carbocycles. The van der Waals surface area contributed by atoms with Gasteiger partial charge in [0.2, 0.25) is 6.10 Å². The standard InChI is InChI=1S/C20H19F4NO2/c1-12(26)17-10-11-18(25-17)13-6-8-14(9-7-13)27-19(20(22,23)24)15-4-2-3-5-16(15)21/h2-9,17-19,25H,10-11H2,1H3. The molecule has 1 aliphatic rings. The summed E-state index contributed by atoms with van der Waals surface area (Å²) in [6, 6.07) is 10.6. The molecule has 0 spiro atoms. The molecule has 144 valence electrons. The SMILES string of the molecule is CC(=O)C1CCC(c2ccc(OC(c3ccccc3F)C(F)(F)F)cc2)N1. The first-order chi connectivity index (χ1) is 12.8. The number of carbonyl (C=O) groups excluding carboxylic acids is 1. The van der Waals surface area contributed by atoms with Gasteiger partial charge in [-0.1, -0.05) is 30.3 Å². The Morgan fingerprint density at radius 3 is 2.33 bits per heavy atom. The average molecular weight is 381 g/mol. The number of carbonyl (C=O) groups is 1. The third kappa shape index (κ3) is 4.47. The van der Waals surface area contributed by atoms with Crippen LogP contribution in [0.15, 0.2) is 48.5 Å². The maximum atomic E-state index is 13.8. The molecular weight excluding hydrogens is 362 g/mol. The first kappa shape index (κ1) is 19.4. The third-order valence-corrected chi connectivity index (χ3v) is 4.66. The molecular formula is C20H19F4NO2. The van der Waals surface area contributed by atoms with Crippen molar-refractivity contribution in [1.29, 1.82) is 0 Å². The van der Waals surface area contributed by atoms with E-state index in [0.717, 1.165) is 30.5 Å². The molecule has 3 unspecified atom stereocenters. The highest BCUT2D eigenvalue weighted by molar-refractivity contribution is 5.81. The fourth-order valence-corrected chi connectivity index (χ4v) is 3.24. The van der Waals surface area contributed by atoms with Gasteiger partial charge in [0.05, 0.1) is 6.04 Å². The molecule has 2 aromatic rings. The van der Waals surface area contributed by atoms with Crippen LogP contribution in [0, 0.1) is 5.82 Å². The second-order valence-corrected chi connectivity index (χ2v) is 6.59. The lowest BCUT2D eigenvalue weighted by atomic mass is 10.0. The zero-order valence-electron chi connectivity index (χ0n) is 14.6. The molecule has 1 N–H and O–H groups in total. The zero-order valence-corrected chi connectivity index (χ0v) is 14.6. The summed E-state index contributed by atoms with van der Waals surface area (Å²) in [4.78, 5) is 11.4. The number of ketones is 1. The number of hydrogen-bond donors (Lipinski definition) is 1. The fourth-order valence-electron chi connectivity index (χ4n) is 3.24. The number of rotatable bonds is 5. The summed E-state index contributed by atoms with van der Waals surface area (Å²) in [6.07, 6.45) is -5.66. The Morgan fingerprint density at radius 2 is 1.78 bits per heavy atom. The Hall–Kier alpha value is -2.41. The van der Waals surface area contributed by atoms with Crippen molar-refractivity contribution in [3.63, 3.8) is 0 Å². The van der Waals surface area contributed by atoms with Crippen LogP contribution >= 0.6 is 0 Å². The van der Waals surface area contributed by atoms with Crippen LogP contribution < -0.4 is 10.1 Å². The van der Waals surface area contributed by atoms with Crippen molar-refractivity contribution < 1.29 is 27.1 Å². The molecule has 0 aromatic heterocycles. The van der Waals surface area contributed by atoms with Crippen LogP contribution in [-0.2, 0) is 4.79 Å². The van der Waals surface area contributed by atoms with Crippen LogP contribution in [0.2, 0.25) is 0 Å². The summed E-state index contributed by atoms with van der Waals surface area (Å²) in [6.45, 7) is 1.52. The first-order valence-corrected chi connectivity index (χ1v) is 8.60. The van der Waals surface area contributed by atoms with Crippen LogP contribution in [0.5, 0.6) is 5.75 Å². The average Bonchev–Trinajstić information content (AvgIpc) is 3.10. The molecule has 7 heteroatoms. The Labute approximate surface area is 154 Å². The summed E-state index contributed by atoms with van der Waals surface area (Å²) in [5.74, 6) is -0.914. The largest absolute Gasteiger partial charge is 0.476 e. The molecule has 1 fully saturated rings. The van der Waals surface area contributed by atoms with Crippen molar-refractivity contribution in [3.05, 3.63) is 65.5 Å². The Balaban J connectivity index is 1.76. The first-order valence-electron chi connectivity index (χ1n) is 8.60. The van der Waals surface area contributed by atoms with Gasteiger partial charge in [-0.05, 0) is 43.5 Å². The second kappa shape index (κ2) is 7.68. The van der Waals surface area contributed by atoms with Gasteiger partial charge in [-0.3, -0.25) is 4.79 Å². The number of Topliss-reactive ketones (excluding diaryl/α,β-unsaturated/α-hetero) is 1. The van der Waals surface area contributed by atoms with Crippen molar-refractivity contribution in [2.24, 2.45) is 0 Å². The summed E-state index contributed by atoms with van der Waals surface area (Å²) in [5.41, 5.74) is 0.302. The van der Waals surface area contributed by atoms with Gasteiger partial charge in [-0.2, -0.15) is 13.2 Å². The van der Waals surface area contributed by atoms with E-state index in [1.54, 1.807) is 12.1 Å². The Kier molecular flexibility index (Phi) is 5.51. The van der Waals surface area contributed by atoms with Crippen LogP contribution in [0.3, 0.4) is 0 Å². The highest BCUT2D eigenvalue weighted by atomic mass is 19.4. The van der Waals surface area contributed by atoms with Crippen LogP contribution in [-0.4, -0.2) is 18.0 Å². The molecule has 1 heterocycles. The smallest absolute Gasteiger partial charge is 0.429 e. The minimum atomic E-state index is -4.76. The molecule has 3 nitrogen and oxygen atoms in total. The van der Waals surface area contributed by atoms with Gasteiger partial charge in [-0.25, -0.2) is 4.39 Å². The molecule has 2 aromatic carbocycles. The van der Waals surface area contributed by atoms with E-state index in [9.17, 15) is 22.4 Å². The van der Waals surface area contributed by atoms with Crippen molar-refractivity contribution in [1.82, 2.24) is 5.32 Å². The predicted molar refractivity (Wildman–Crippen MR) is 91.8 cm³/mol. The highest BCUT2D eigenvalue weighted by Gasteiger charge is 2.44. The van der Waals surface area contributed by atoms with E-state index < -0.39 is 23.7 Å². The predicted octanol–water partition coefficient (Wildman–Crippen LogP) is 4.89. The molecule has 3 rings (SSSR count). The fraction of sp³-hybridized carbons (Fsp3) is 0.350. The van der Waals surface area contributed by atoms with Gasteiger partial charge in [-0.15, -0.1) is 0 Å². The highest BCUT2D eigenvalue weighted by Crippen LogP contribution is 2.38. The summed E-state index contributed by atoms with van der Waals surface area (Å²) >= 11 is 0. The number of nitrogens with one attached hydrogen (secondary N) is 1. The van der Waals surface area contributed by atoms with Gasteiger partial charge in [0.15, 0.2) is 0 Å². The second-order valence-electron chi connectivity index (χ2n) is 6.59. The van der Waals surface area contributed by atoms with Crippen LogP contribution in [0.1, 0.15) is 43.0 Å². The van der Waals surface area contributed by atoms with Gasteiger partial charge >= 0.3 is 6.18 Å². The zero-order chi connectivity index (χ0) is 19.6. The summed E-state index contributed by atoms with van der Waals surface area (Å²) < 4.78 is 59.1. The van der Waals surface area contributed by atoms with E-state index in [2.05, 4.69) is 5.32 Å². The lowest BCUT2D eigenvalue weighted by Crippen LogP contribution is -2.30. The summed E-state index contributed by atoms with van der Waals surface area (Å²) in [7, 11) is 0. The van der Waals surface area contributed by atoms with Crippen molar-refractivity contribution in [2.75, 3.05) is 0 Å². The van der Waals surface area contributed by atoms with E-state index in [-0.39, 0.29) is 23.6 Å². The van der Waals surface area contributed by atoms with Gasteiger partial charge in [0.25, 0.3) is 0 Å². The van der Waals surface area contributed by atoms with E-state index in [1.807, 2.05) is 0 Å². The number of alkyl halides is 3. The maximum absolute atomic E-state index is 13.8. The number of ether oxygens (including phenoxy) is 1. The Morgan fingerprint density at radius 1 is 1.11 bits per heavy atom. The number of benzene rings is 2. The van der Waals surface area contributed by atoms with E-state index >= 15 is 0 Å². The van der Waals surface area contributed by atoms with E-state index in [0.29, 0.717) is 0 Å². The monoisotopic (exact) mass is 381 g/mol. The molecule has 1 aliphatic heterocycles. The number of hydrogen-bond acceptors (Lipinski definition) is 3. The Bertz CT molecular complexity index is 804. The lowest BCUT2D eigenvalue weighted by molar-refractivity contribution is -0.198. The van der Waals surface area contributed by atoms with Gasteiger partial charge in [0, 0.05) is 11.6 Å². The molecule has 0 bridgehead atoms. The minimum Gasteiger partial charge on any atom is -0.476 e. The van der Waals surface area contributed by atoms with Crippen LogP contribution in [0.4, 0.5) is 17.6 Å². The molecule has 0 amide bonds. The minimum absolute atomic E-state index is 0.00885. The molecule has 0 radical (unpaired) electrons. The summed E-state index contributed by atoms with van der Waals surface area (Å²) in [5, 5.41) is 3.20. The molecule has 1 saturated heterocycles. The molecule has 3 atom stereocenters. The van der Waals surface area contributed by atoms with Crippen LogP contribution in [0.25, 0.3) is 0 Å². The van der Waals surface area contributed by atoms with E-state index in [4.69, 9.17) is 4.74 Å². The molecule has 0 aliphatic carbocycles. The van der Waals surface area contributed by atoms with Crippen molar-refractivity contribution in [2.45, 2.75) is 44.1 Å². The lowest BCUT2D eigenvalue weighted by Gasteiger charge is -2.23. The molecule has 27 heavy (non-hydrogen) atoms. The van der Waals surface area contributed by atoms with Gasteiger partial charge < -0.3 is 10.1 Å². The normalized spacial score (nSPS) is 21.1. The van der Waals surface area contributed by atoms with Gasteiger partial charge in [0.1, 0.15) is 17.3 Å². The number of halogens is 4. The van der Waals surface area contributed by atoms with Crippen molar-refractivity contribution >= 4 is 5.78 Å². The quantitative estimate of drug-likeness (QED) is 0.750. The topological polar surface area (TPSA) is 38.3 Å².